The van der Waals surface area contributed by atoms with Gasteiger partial charge in [0.2, 0.25) is 17.7 Å². The number of hydrogen-bond acceptors (Lipinski definition) is 8. The molecule has 10 nitrogen and oxygen atoms in total. The number of carbonyl (C=O) groups excluding carboxylic acids is 4. The molecule has 11 heteroatoms. The molecule has 4 N–H and O–H groups in total. The van der Waals surface area contributed by atoms with Gasteiger partial charge in [0.15, 0.2) is 0 Å². The number of nitrogens with zero attached hydrogens (tertiary/aromatic N) is 1. The lowest BCUT2D eigenvalue weighted by Gasteiger charge is -2.29. The van der Waals surface area contributed by atoms with Crippen molar-refractivity contribution in [3.8, 4) is 17.2 Å². The largest absolute Gasteiger partial charge is 0.508 e. The molecular formula is C44H47N3O7S. The third kappa shape index (κ3) is 9.96. The van der Waals surface area contributed by atoms with Gasteiger partial charge in [0.25, 0.3) is 5.91 Å². The number of amides is 4. The van der Waals surface area contributed by atoms with Crippen LogP contribution in [0.15, 0.2) is 95.9 Å². The van der Waals surface area contributed by atoms with Crippen molar-refractivity contribution in [2.45, 2.75) is 75.8 Å². The molecule has 1 fully saturated rings. The van der Waals surface area contributed by atoms with Gasteiger partial charge in [-0.15, -0.1) is 11.8 Å². The van der Waals surface area contributed by atoms with Crippen LogP contribution < -0.4 is 15.4 Å². The third-order valence-corrected chi connectivity index (χ3v) is 11.1. The number of ether oxygens (including phenoxy) is 1. The van der Waals surface area contributed by atoms with Gasteiger partial charge < -0.3 is 25.2 Å². The normalized spacial score (nSPS) is 15.7. The zero-order chi connectivity index (χ0) is 38.7. The van der Waals surface area contributed by atoms with Gasteiger partial charge in [-0.3, -0.25) is 24.5 Å². The van der Waals surface area contributed by atoms with Gasteiger partial charge in [0.05, 0.1) is 6.54 Å². The molecule has 2 aliphatic rings. The van der Waals surface area contributed by atoms with Crippen LogP contribution in [0.5, 0.6) is 17.2 Å². The molecule has 0 bridgehead atoms. The summed E-state index contributed by atoms with van der Waals surface area (Å²) < 4.78 is 5.94. The van der Waals surface area contributed by atoms with Crippen molar-refractivity contribution in [3.05, 3.63) is 119 Å². The minimum absolute atomic E-state index is 0.00316. The van der Waals surface area contributed by atoms with Crippen LogP contribution in [0.4, 0.5) is 0 Å². The van der Waals surface area contributed by atoms with E-state index in [4.69, 9.17) is 4.74 Å². The van der Waals surface area contributed by atoms with E-state index in [0.717, 1.165) is 76.2 Å². The van der Waals surface area contributed by atoms with Gasteiger partial charge in [-0.1, -0.05) is 62.2 Å². The highest BCUT2D eigenvalue weighted by Gasteiger charge is 2.39. The minimum Gasteiger partial charge on any atom is -0.508 e. The number of imide groups is 1. The lowest BCUT2D eigenvalue weighted by Crippen LogP contribution is -2.52. The van der Waals surface area contributed by atoms with E-state index in [0.29, 0.717) is 43.9 Å². The molecule has 4 aromatic rings. The smallest absolute Gasteiger partial charge is 0.255 e. The number of unbranched alkanes of at least 4 members (excludes halogenated alkanes) is 3. The summed E-state index contributed by atoms with van der Waals surface area (Å²) in [6.45, 7) is 3.22. The van der Waals surface area contributed by atoms with Crippen LogP contribution in [0.2, 0.25) is 0 Å². The summed E-state index contributed by atoms with van der Waals surface area (Å²) >= 11 is 1.71. The maximum atomic E-state index is 13.1. The molecular weight excluding hydrogens is 715 g/mol. The summed E-state index contributed by atoms with van der Waals surface area (Å²) in [7, 11) is 0. The Morgan fingerprint density at radius 1 is 0.855 bits per heavy atom. The quantitative estimate of drug-likeness (QED) is 0.0376. The first-order chi connectivity index (χ1) is 26.7. The number of fused-ring (bicyclic) bond motifs is 1. The lowest BCUT2D eigenvalue weighted by atomic mass is 9.88. The van der Waals surface area contributed by atoms with Crippen LogP contribution >= 0.6 is 11.8 Å². The van der Waals surface area contributed by atoms with Crippen molar-refractivity contribution < 1.29 is 34.1 Å². The fourth-order valence-electron chi connectivity index (χ4n) is 7.11. The molecule has 55 heavy (non-hydrogen) atoms. The van der Waals surface area contributed by atoms with E-state index < -0.39 is 11.9 Å². The van der Waals surface area contributed by atoms with E-state index in [-0.39, 0.29) is 35.6 Å². The summed E-state index contributed by atoms with van der Waals surface area (Å²) in [6.07, 6.45) is 5.52. The molecule has 1 unspecified atom stereocenters. The van der Waals surface area contributed by atoms with Crippen LogP contribution in [0.3, 0.4) is 0 Å². The van der Waals surface area contributed by atoms with Crippen LogP contribution in [0.25, 0.3) is 11.1 Å². The Labute approximate surface area is 326 Å². The highest BCUT2D eigenvalue weighted by Crippen LogP contribution is 2.37. The molecule has 0 aliphatic carbocycles. The number of nitrogens with one attached hydrogen (secondary N) is 2. The van der Waals surface area contributed by atoms with Crippen LogP contribution in [-0.2, 0) is 20.9 Å². The zero-order valence-corrected chi connectivity index (χ0v) is 31.8. The topological polar surface area (TPSA) is 145 Å². The van der Waals surface area contributed by atoms with Crippen molar-refractivity contribution in [2.75, 3.05) is 18.9 Å². The fraction of sp³-hybridized carbons (Fsp3) is 0.318. The van der Waals surface area contributed by atoms with Crippen molar-refractivity contribution in [1.82, 2.24) is 15.5 Å². The zero-order valence-electron chi connectivity index (χ0n) is 31.0. The molecule has 286 valence electrons. The molecule has 0 aromatic heterocycles. The van der Waals surface area contributed by atoms with Crippen LogP contribution in [0.1, 0.15) is 90.9 Å². The monoisotopic (exact) mass is 761 g/mol. The number of benzene rings is 4. The number of allylic oxidation sites excluding steroid dienone is 1. The predicted molar refractivity (Wildman–Crippen MR) is 214 cm³/mol. The molecule has 4 aromatic carbocycles. The van der Waals surface area contributed by atoms with E-state index in [1.807, 2.05) is 60.7 Å². The van der Waals surface area contributed by atoms with E-state index >= 15 is 0 Å². The van der Waals surface area contributed by atoms with E-state index in [2.05, 4.69) is 17.6 Å². The number of aromatic hydroxyl groups is 2. The summed E-state index contributed by atoms with van der Waals surface area (Å²) in [6, 6.07) is 27.3. The molecule has 1 atom stereocenters. The average molecular weight is 762 g/mol. The Morgan fingerprint density at radius 3 is 2.18 bits per heavy atom. The lowest BCUT2D eigenvalue weighted by molar-refractivity contribution is -0.137. The molecule has 2 aliphatic heterocycles. The van der Waals surface area contributed by atoms with Gasteiger partial charge in [-0.05, 0) is 113 Å². The number of thioether (sulfide) groups is 1. The second-order valence-electron chi connectivity index (χ2n) is 13.7. The van der Waals surface area contributed by atoms with Gasteiger partial charge in [-0.2, -0.15) is 0 Å². The van der Waals surface area contributed by atoms with Gasteiger partial charge >= 0.3 is 0 Å². The van der Waals surface area contributed by atoms with Crippen molar-refractivity contribution in [2.24, 2.45) is 0 Å². The number of carbonyl (C=O) groups is 4. The van der Waals surface area contributed by atoms with E-state index in [1.165, 1.54) is 0 Å². The highest BCUT2D eigenvalue weighted by atomic mass is 32.2. The van der Waals surface area contributed by atoms with Crippen molar-refractivity contribution in [1.29, 1.82) is 0 Å². The second-order valence-corrected chi connectivity index (χ2v) is 14.9. The first-order valence-electron chi connectivity index (χ1n) is 18.9. The predicted octanol–water partition coefficient (Wildman–Crippen LogP) is 7.47. The summed E-state index contributed by atoms with van der Waals surface area (Å²) in [5.74, 6) is 1.14. The Kier molecular flexibility index (Phi) is 13.3. The van der Waals surface area contributed by atoms with Crippen molar-refractivity contribution in [3.63, 3.8) is 0 Å². The van der Waals surface area contributed by atoms with E-state index in [1.54, 1.807) is 47.0 Å². The van der Waals surface area contributed by atoms with Gasteiger partial charge in [0, 0.05) is 29.8 Å². The number of phenols is 2. The molecule has 2 heterocycles. The molecule has 4 amide bonds. The van der Waals surface area contributed by atoms with Crippen LogP contribution in [-0.4, -0.2) is 63.7 Å². The number of rotatable bonds is 17. The molecule has 0 radical (unpaired) electrons. The second kappa shape index (κ2) is 18.7. The molecule has 0 spiro atoms. The first-order valence-corrected chi connectivity index (χ1v) is 19.9. The minimum atomic E-state index is -0.618. The standard InChI is InChI=1S/C44H47N3O7S/c1-2-35(29-11-17-32(48)18-12-29)42(30-13-19-33(49)20-14-30)31-15-21-34(22-16-31)54-26-25-45-40(50)10-5-3-4-6-27-55-39-9-7-8-36-37(39)28-47(44(36)53)38-23-24-41(51)46-43(38)52/h7-9,11-22,38,48-49H,2-6,10,23-28H2,1H3,(H,45,50)(H,46,51,52). The summed E-state index contributed by atoms with van der Waals surface area (Å²) in [5.41, 5.74) is 6.68. The number of piperidine rings is 1. The SMILES string of the molecule is CCC(=C(c1ccc(O)cc1)c1ccc(OCCNC(=O)CCCCCCSc2cccc3c2CN(C2CCC(=O)NC2=O)C3=O)cc1)c1ccc(O)cc1. The Hall–Kier alpha value is -5.55. The van der Waals surface area contributed by atoms with Crippen molar-refractivity contribution >= 4 is 46.5 Å². The van der Waals surface area contributed by atoms with Crippen LogP contribution in [0, 0.1) is 0 Å². The Balaban J connectivity index is 0.898. The highest BCUT2D eigenvalue weighted by molar-refractivity contribution is 7.99. The Morgan fingerprint density at radius 2 is 1.51 bits per heavy atom. The van der Waals surface area contributed by atoms with Gasteiger partial charge in [0.1, 0.15) is 29.9 Å². The van der Waals surface area contributed by atoms with Gasteiger partial charge in [-0.25, -0.2) is 0 Å². The number of hydrogen-bond donors (Lipinski definition) is 4. The first kappa shape index (κ1) is 39.2. The molecule has 0 saturated carbocycles. The Bertz CT molecular complexity index is 2030. The maximum absolute atomic E-state index is 13.1. The average Bonchev–Trinajstić information content (AvgIpc) is 3.52. The third-order valence-electron chi connectivity index (χ3n) is 9.96. The fourth-order valence-corrected chi connectivity index (χ4v) is 8.20. The molecule has 1 saturated heterocycles. The van der Waals surface area contributed by atoms with E-state index in [9.17, 15) is 29.4 Å². The summed E-state index contributed by atoms with van der Waals surface area (Å²) in [4.78, 5) is 52.1. The summed E-state index contributed by atoms with van der Waals surface area (Å²) in [5, 5.41) is 25.0. The maximum Gasteiger partial charge on any atom is 0.255 e. The number of phenolic OH excluding ortho intramolecular Hbond substituents is 2. The molecule has 6 rings (SSSR count).